The average Bonchev–Trinajstić information content (AvgIpc) is 2.18. The summed E-state index contributed by atoms with van der Waals surface area (Å²) in [6, 6.07) is 6.67. The second-order valence-electron chi connectivity index (χ2n) is 3.64. The van der Waals surface area contributed by atoms with Crippen molar-refractivity contribution in [1.29, 1.82) is 0 Å². The maximum atomic E-state index is 10.7. The molecule has 0 heterocycles. The van der Waals surface area contributed by atoms with E-state index in [1.165, 1.54) is 0 Å². The van der Waals surface area contributed by atoms with Crippen LogP contribution in [0, 0.1) is 5.92 Å². The molecule has 0 amide bonds. The van der Waals surface area contributed by atoms with Crippen LogP contribution in [0.4, 0.5) is 5.69 Å². The molecule has 15 heavy (non-hydrogen) atoms. The van der Waals surface area contributed by atoms with Gasteiger partial charge in [-0.05, 0) is 24.3 Å². The van der Waals surface area contributed by atoms with Crippen molar-refractivity contribution in [3.05, 3.63) is 24.3 Å². The molecule has 0 bridgehead atoms. The Morgan fingerprint density at radius 2 is 1.93 bits per heavy atom. The molecule has 0 saturated heterocycles. The van der Waals surface area contributed by atoms with E-state index in [9.17, 15) is 4.79 Å². The Morgan fingerprint density at radius 1 is 1.40 bits per heavy atom. The molecule has 0 aliphatic carbocycles. The van der Waals surface area contributed by atoms with Gasteiger partial charge in [-0.15, -0.1) is 0 Å². The fraction of sp³-hybridized carbons (Fsp3) is 0.364. The summed E-state index contributed by atoms with van der Waals surface area (Å²) in [5.41, 5.74) is 0.890. The van der Waals surface area contributed by atoms with E-state index in [4.69, 9.17) is 10.2 Å². The van der Waals surface area contributed by atoms with Crippen molar-refractivity contribution in [2.75, 3.05) is 18.5 Å². The first-order chi connectivity index (χ1) is 7.00. The van der Waals surface area contributed by atoms with Crippen LogP contribution in [-0.2, 0) is 4.79 Å². The van der Waals surface area contributed by atoms with Crippen molar-refractivity contribution in [2.45, 2.75) is 6.92 Å². The highest BCUT2D eigenvalue weighted by molar-refractivity contribution is 5.70. The number of aliphatic carboxylic acids is 1. The molecule has 4 nitrogen and oxygen atoms in total. The number of benzene rings is 1. The van der Waals surface area contributed by atoms with Gasteiger partial charge in [0.1, 0.15) is 5.75 Å². The summed E-state index contributed by atoms with van der Waals surface area (Å²) in [6.45, 7) is 2.11. The van der Waals surface area contributed by atoms with Crippen molar-refractivity contribution in [3.8, 4) is 5.75 Å². The van der Waals surface area contributed by atoms with Gasteiger partial charge in [0.05, 0.1) is 5.92 Å². The summed E-state index contributed by atoms with van der Waals surface area (Å²) in [5.74, 6) is -1.01. The first kappa shape index (κ1) is 11.4. The molecule has 4 heteroatoms. The van der Waals surface area contributed by atoms with Gasteiger partial charge in [-0.25, -0.2) is 0 Å². The number of nitrogens with zero attached hydrogens (tertiary/aromatic N) is 1. The Bertz CT molecular complexity index is 334. The lowest BCUT2D eigenvalue weighted by Crippen LogP contribution is -2.28. The number of rotatable bonds is 4. The monoisotopic (exact) mass is 209 g/mol. The Labute approximate surface area is 88.8 Å². The lowest BCUT2D eigenvalue weighted by Gasteiger charge is -2.21. The van der Waals surface area contributed by atoms with E-state index >= 15 is 0 Å². The molecule has 82 valence electrons. The van der Waals surface area contributed by atoms with Crippen molar-refractivity contribution < 1.29 is 15.0 Å². The third-order valence-corrected chi connectivity index (χ3v) is 2.26. The third kappa shape index (κ3) is 3.16. The fourth-order valence-corrected chi connectivity index (χ4v) is 1.30. The zero-order chi connectivity index (χ0) is 11.4. The predicted octanol–water partition coefficient (Wildman–Crippen LogP) is 1.55. The molecule has 2 N–H and O–H groups in total. The highest BCUT2D eigenvalue weighted by Gasteiger charge is 2.13. The number of carboxylic acids is 1. The van der Waals surface area contributed by atoms with Crippen molar-refractivity contribution in [3.63, 3.8) is 0 Å². The molecule has 1 aromatic carbocycles. The van der Waals surface area contributed by atoms with Gasteiger partial charge in [-0.1, -0.05) is 6.92 Å². The van der Waals surface area contributed by atoms with Gasteiger partial charge in [0, 0.05) is 19.3 Å². The van der Waals surface area contributed by atoms with Gasteiger partial charge in [0.25, 0.3) is 0 Å². The quantitative estimate of drug-likeness (QED) is 0.789. The normalized spacial score (nSPS) is 12.1. The second-order valence-corrected chi connectivity index (χ2v) is 3.64. The number of carbonyl (C=O) groups is 1. The average molecular weight is 209 g/mol. The topological polar surface area (TPSA) is 60.8 Å². The molecular weight excluding hydrogens is 194 g/mol. The molecule has 1 atom stereocenters. The van der Waals surface area contributed by atoms with E-state index in [-0.39, 0.29) is 5.75 Å². The van der Waals surface area contributed by atoms with Crippen molar-refractivity contribution in [1.82, 2.24) is 0 Å². The highest BCUT2D eigenvalue weighted by Crippen LogP contribution is 2.17. The summed E-state index contributed by atoms with van der Waals surface area (Å²) < 4.78 is 0. The van der Waals surface area contributed by atoms with Crippen LogP contribution in [0.2, 0.25) is 0 Å². The van der Waals surface area contributed by atoms with Crippen LogP contribution in [0.25, 0.3) is 0 Å². The van der Waals surface area contributed by atoms with Crippen molar-refractivity contribution in [2.24, 2.45) is 5.92 Å². The first-order valence-electron chi connectivity index (χ1n) is 4.73. The molecule has 0 aliphatic heterocycles. The van der Waals surface area contributed by atoms with Crippen LogP contribution in [0.15, 0.2) is 24.3 Å². The maximum absolute atomic E-state index is 10.7. The molecule has 0 aliphatic rings. The van der Waals surface area contributed by atoms with Crippen LogP contribution in [-0.4, -0.2) is 29.8 Å². The van der Waals surface area contributed by atoms with E-state index in [1.807, 2.05) is 11.9 Å². The number of aromatic hydroxyl groups is 1. The Morgan fingerprint density at radius 3 is 2.40 bits per heavy atom. The molecule has 0 aromatic heterocycles. The summed E-state index contributed by atoms with van der Waals surface area (Å²) in [5, 5.41) is 17.9. The molecule has 1 aromatic rings. The highest BCUT2D eigenvalue weighted by atomic mass is 16.4. The van der Waals surface area contributed by atoms with Gasteiger partial charge >= 0.3 is 5.97 Å². The molecule has 0 saturated carbocycles. The predicted molar refractivity (Wildman–Crippen MR) is 58.2 cm³/mol. The Balaban J connectivity index is 2.64. The van der Waals surface area contributed by atoms with Gasteiger partial charge in [0.15, 0.2) is 0 Å². The van der Waals surface area contributed by atoms with E-state index in [0.717, 1.165) is 5.69 Å². The smallest absolute Gasteiger partial charge is 0.308 e. The molecule has 0 spiro atoms. The lowest BCUT2D eigenvalue weighted by molar-refractivity contribution is -0.140. The van der Waals surface area contributed by atoms with Crippen LogP contribution in [0.3, 0.4) is 0 Å². The minimum Gasteiger partial charge on any atom is -0.508 e. The lowest BCUT2D eigenvalue weighted by atomic mass is 10.1. The number of carboxylic acid groups (broad SMARTS) is 1. The van der Waals surface area contributed by atoms with E-state index in [2.05, 4.69) is 0 Å². The Kier molecular flexibility index (Phi) is 3.55. The summed E-state index contributed by atoms with van der Waals surface area (Å²) in [4.78, 5) is 12.5. The van der Waals surface area contributed by atoms with E-state index in [0.29, 0.717) is 6.54 Å². The van der Waals surface area contributed by atoms with Crippen LogP contribution >= 0.6 is 0 Å². The molecular formula is C11H15NO3. The standard InChI is InChI=1S/C11H15NO3/c1-8(11(14)15)7-12(2)9-3-5-10(13)6-4-9/h3-6,8,13H,7H2,1-2H3,(H,14,15). The molecule has 1 rings (SSSR count). The summed E-state index contributed by atoms with van der Waals surface area (Å²) in [7, 11) is 1.83. The number of phenolic OH excluding ortho intramolecular Hbond substituents is 1. The zero-order valence-corrected chi connectivity index (χ0v) is 8.84. The van der Waals surface area contributed by atoms with E-state index in [1.54, 1.807) is 31.2 Å². The Hall–Kier alpha value is -1.71. The van der Waals surface area contributed by atoms with Gasteiger partial charge in [0.2, 0.25) is 0 Å². The largest absolute Gasteiger partial charge is 0.508 e. The number of hydrogen-bond donors (Lipinski definition) is 2. The minimum absolute atomic E-state index is 0.207. The zero-order valence-electron chi connectivity index (χ0n) is 8.84. The molecule has 0 radical (unpaired) electrons. The number of phenols is 1. The van der Waals surface area contributed by atoms with Gasteiger partial charge in [-0.2, -0.15) is 0 Å². The number of hydrogen-bond acceptors (Lipinski definition) is 3. The summed E-state index contributed by atoms with van der Waals surface area (Å²) in [6.07, 6.45) is 0. The van der Waals surface area contributed by atoms with Crippen LogP contribution < -0.4 is 4.90 Å². The fourth-order valence-electron chi connectivity index (χ4n) is 1.30. The molecule has 0 fully saturated rings. The SMILES string of the molecule is CC(CN(C)c1ccc(O)cc1)C(=O)O. The second kappa shape index (κ2) is 4.68. The van der Waals surface area contributed by atoms with E-state index < -0.39 is 11.9 Å². The van der Waals surface area contributed by atoms with Gasteiger partial charge < -0.3 is 15.1 Å². The minimum atomic E-state index is -0.805. The first-order valence-corrected chi connectivity index (χ1v) is 4.73. The summed E-state index contributed by atoms with van der Waals surface area (Å²) >= 11 is 0. The third-order valence-electron chi connectivity index (χ3n) is 2.26. The molecule has 1 unspecified atom stereocenters. The van der Waals surface area contributed by atoms with Crippen LogP contribution in [0.5, 0.6) is 5.75 Å². The number of anilines is 1. The van der Waals surface area contributed by atoms with Crippen molar-refractivity contribution >= 4 is 11.7 Å². The maximum Gasteiger partial charge on any atom is 0.308 e. The van der Waals surface area contributed by atoms with Gasteiger partial charge in [-0.3, -0.25) is 4.79 Å². The van der Waals surface area contributed by atoms with Crippen LogP contribution in [0.1, 0.15) is 6.92 Å².